The van der Waals surface area contributed by atoms with Crippen LogP contribution in [0.4, 0.5) is 0 Å². The van der Waals surface area contributed by atoms with E-state index in [1.807, 2.05) is 0 Å². The summed E-state index contributed by atoms with van der Waals surface area (Å²) in [5.41, 5.74) is 12.9. The Morgan fingerprint density at radius 1 is 0.357 bits per heavy atom. The van der Waals surface area contributed by atoms with Crippen LogP contribution < -0.4 is 0 Å². The van der Waals surface area contributed by atoms with Crippen LogP contribution in [0.25, 0.3) is 33.4 Å². The molecule has 0 radical (unpaired) electrons. The Balaban J connectivity index is 1.67. The molecule has 0 aliphatic rings. The van der Waals surface area contributed by atoms with Crippen LogP contribution in [-0.2, 0) is 0 Å². The van der Waals surface area contributed by atoms with Gasteiger partial charge in [-0.1, -0.05) is 96.1 Å². The van der Waals surface area contributed by atoms with E-state index in [4.69, 9.17) is 0 Å². The highest BCUT2D eigenvalue weighted by molar-refractivity contribution is 5.77. The van der Waals surface area contributed by atoms with Crippen LogP contribution in [0.3, 0.4) is 0 Å². The standard InChI is InChI=1S/C28H26/c1-19-5-9-23(10-6-19)27-15-13-25(17-21(27)3)26-14-16-28(22(4)18-26)24-11-7-20(2)8-12-24/h5-18H,1-4H3. The van der Waals surface area contributed by atoms with Crippen molar-refractivity contribution in [2.24, 2.45) is 0 Å². The second kappa shape index (κ2) is 7.48. The third kappa shape index (κ3) is 3.64. The first-order valence-corrected chi connectivity index (χ1v) is 9.87. The predicted octanol–water partition coefficient (Wildman–Crippen LogP) is 7.92. The molecule has 0 aromatic heterocycles. The van der Waals surface area contributed by atoms with Crippen LogP contribution in [0, 0.1) is 27.7 Å². The van der Waals surface area contributed by atoms with E-state index in [1.54, 1.807) is 0 Å². The summed E-state index contributed by atoms with van der Waals surface area (Å²) in [6.45, 7) is 8.66. The SMILES string of the molecule is Cc1ccc(-c2ccc(-c3ccc(-c4ccc(C)cc4)c(C)c3)cc2C)cc1. The molecule has 0 spiro atoms. The fraction of sp³-hybridized carbons (Fsp3) is 0.143. The maximum Gasteiger partial charge on any atom is -0.0154 e. The Morgan fingerprint density at radius 3 is 1.00 bits per heavy atom. The first kappa shape index (κ1) is 18.3. The zero-order valence-electron chi connectivity index (χ0n) is 17.1. The molecular formula is C28H26. The summed E-state index contributed by atoms with van der Waals surface area (Å²) < 4.78 is 0. The van der Waals surface area contributed by atoms with Gasteiger partial charge in [-0.3, -0.25) is 0 Å². The van der Waals surface area contributed by atoms with Crippen molar-refractivity contribution in [1.82, 2.24) is 0 Å². The van der Waals surface area contributed by atoms with Crippen molar-refractivity contribution in [2.45, 2.75) is 27.7 Å². The van der Waals surface area contributed by atoms with E-state index >= 15 is 0 Å². The van der Waals surface area contributed by atoms with Gasteiger partial charge in [-0.05, 0) is 72.2 Å². The summed E-state index contributed by atoms with van der Waals surface area (Å²) in [6, 6.07) is 31.1. The van der Waals surface area contributed by atoms with Crippen molar-refractivity contribution in [3.05, 3.63) is 107 Å². The number of hydrogen-bond donors (Lipinski definition) is 0. The van der Waals surface area contributed by atoms with E-state index in [0.717, 1.165) is 0 Å². The molecular weight excluding hydrogens is 336 g/mol. The summed E-state index contributed by atoms with van der Waals surface area (Å²) in [5, 5.41) is 0. The van der Waals surface area contributed by atoms with Crippen LogP contribution in [0.15, 0.2) is 84.9 Å². The van der Waals surface area contributed by atoms with Gasteiger partial charge in [0.2, 0.25) is 0 Å². The zero-order valence-corrected chi connectivity index (χ0v) is 17.1. The Hall–Kier alpha value is -3.12. The fourth-order valence-electron chi connectivity index (χ4n) is 3.80. The molecule has 0 N–H and O–H groups in total. The van der Waals surface area contributed by atoms with E-state index in [-0.39, 0.29) is 0 Å². The normalized spacial score (nSPS) is 10.9. The molecule has 0 heterocycles. The van der Waals surface area contributed by atoms with Gasteiger partial charge in [-0.2, -0.15) is 0 Å². The molecule has 0 saturated heterocycles. The lowest BCUT2D eigenvalue weighted by Gasteiger charge is -2.12. The summed E-state index contributed by atoms with van der Waals surface area (Å²) >= 11 is 0. The predicted molar refractivity (Wildman–Crippen MR) is 122 cm³/mol. The van der Waals surface area contributed by atoms with Gasteiger partial charge < -0.3 is 0 Å². The minimum atomic E-state index is 1.27. The molecule has 0 aliphatic heterocycles. The molecule has 0 fully saturated rings. The fourth-order valence-corrected chi connectivity index (χ4v) is 3.80. The van der Waals surface area contributed by atoms with E-state index < -0.39 is 0 Å². The van der Waals surface area contributed by atoms with Crippen molar-refractivity contribution in [3.8, 4) is 33.4 Å². The third-order valence-electron chi connectivity index (χ3n) is 5.51. The van der Waals surface area contributed by atoms with Gasteiger partial charge in [0.15, 0.2) is 0 Å². The lowest BCUT2D eigenvalue weighted by Crippen LogP contribution is -1.88. The molecule has 0 atom stereocenters. The molecule has 0 heteroatoms. The van der Waals surface area contributed by atoms with E-state index in [9.17, 15) is 0 Å². The maximum atomic E-state index is 2.30. The highest BCUT2D eigenvalue weighted by atomic mass is 14.1. The monoisotopic (exact) mass is 362 g/mol. The largest absolute Gasteiger partial charge is 0.0587 e. The number of benzene rings is 4. The highest BCUT2D eigenvalue weighted by Gasteiger charge is 2.07. The molecule has 4 rings (SSSR count). The lowest BCUT2D eigenvalue weighted by molar-refractivity contribution is 1.41. The quantitative estimate of drug-likeness (QED) is 0.347. The molecule has 28 heavy (non-hydrogen) atoms. The van der Waals surface area contributed by atoms with Crippen LogP contribution >= 0.6 is 0 Å². The first-order valence-electron chi connectivity index (χ1n) is 9.87. The van der Waals surface area contributed by atoms with Crippen LogP contribution in [0.2, 0.25) is 0 Å². The van der Waals surface area contributed by atoms with E-state index in [2.05, 4.69) is 113 Å². The molecule has 0 nitrogen and oxygen atoms in total. The van der Waals surface area contributed by atoms with Crippen LogP contribution in [0.5, 0.6) is 0 Å². The van der Waals surface area contributed by atoms with E-state index in [0.29, 0.717) is 0 Å². The minimum Gasteiger partial charge on any atom is -0.0587 e. The van der Waals surface area contributed by atoms with Crippen molar-refractivity contribution < 1.29 is 0 Å². The molecule has 138 valence electrons. The van der Waals surface area contributed by atoms with Crippen LogP contribution in [0.1, 0.15) is 22.3 Å². The molecule has 4 aromatic rings. The van der Waals surface area contributed by atoms with Crippen LogP contribution in [-0.4, -0.2) is 0 Å². The molecule has 0 saturated carbocycles. The van der Waals surface area contributed by atoms with Crippen molar-refractivity contribution >= 4 is 0 Å². The minimum absolute atomic E-state index is 1.27. The van der Waals surface area contributed by atoms with E-state index in [1.165, 1.54) is 55.6 Å². The topological polar surface area (TPSA) is 0 Å². The maximum absolute atomic E-state index is 2.30. The lowest BCUT2D eigenvalue weighted by atomic mass is 9.92. The molecule has 0 aliphatic carbocycles. The van der Waals surface area contributed by atoms with Gasteiger partial charge in [0.05, 0.1) is 0 Å². The molecule has 0 unspecified atom stereocenters. The summed E-state index contributed by atoms with van der Waals surface area (Å²) in [7, 11) is 0. The Labute approximate surface area is 168 Å². The Bertz CT molecular complexity index is 1020. The van der Waals surface area contributed by atoms with Crippen molar-refractivity contribution in [2.75, 3.05) is 0 Å². The molecule has 4 aromatic carbocycles. The molecule has 0 amide bonds. The van der Waals surface area contributed by atoms with Crippen molar-refractivity contribution in [3.63, 3.8) is 0 Å². The average Bonchev–Trinajstić information content (AvgIpc) is 2.69. The van der Waals surface area contributed by atoms with Gasteiger partial charge in [0.1, 0.15) is 0 Å². The zero-order chi connectivity index (χ0) is 19.7. The Morgan fingerprint density at radius 2 is 0.679 bits per heavy atom. The van der Waals surface area contributed by atoms with Gasteiger partial charge in [-0.15, -0.1) is 0 Å². The first-order chi connectivity index (χ1) is 13.5. The summed E-state index contributed by atoms with van der Waals surface area (Å²) in [5.74, 6) is 0. The third-order valence-corrected chi connectivity index (χ3v) is 5.51. The van der Waals surface area contributed by atoms with Crippen molar-refractivity contribution in [1.29, 1.82) is 0 Å². The second-order valence-corrected chi connectivity index (χ2v) is 7.79. The second-order valence-electron chi connectivity index (χ2n) is 7.79. The number of rotatable bonds is 3. The Kier molecular flexibility index (Phi) is 4.88. The van der Waals surface area contributed by atoms with Gasteiger partial charge in [0, 0.05) is 0 Å². The van der Waals surface area contributed by atoms with Gasteiger partial charge in [0.25, 0.3) is 0 Å². The number of aryl methyl sites for hydroxylation is 4. The smallest absolute Gasteiger partial charge is 0.0154 e. The summed E-state index contributed by atoms with van der Waals surface area (Å²) in [4.78, 5) is 0. The highest BCUT2D eigenvalue weighted by Crippen LogP contribution is 2.32. The van der Waals surface area contributed by atoms with Gasteiger partial charge >= 0.3 is 0 Å². The average molecular weight is 363 g/mol. The van der Waals surface area contributed by atoms with Gasteiger partial charge in [-0.25, -0.2) is 0 Å². The summed E-state index contributed by atoms with van der Waals surface area (Å²) in [6.07, 6.45) is 0. The number of hydrogen-bond acceptors (Lipinski definition) is 0. The molecule has 0 bridgehead atoms.